The molecule has 0 N–H and O–H groups in total. The summed E-state index contributed by atoms with van der Waals surface area (Å²) in [5.74, 6) is -0.776. The fourth-order valence-electron chi connectivity index (χ4n) is 2.56. The first kappa shape index (κ1) is 18.3. The topological polar surface area (TPSA) is 94.6 Å². The molecule has 0 saturated heterocycles. The van der Waals surface area contributed by atoms with Crippen LogP contribution in [0.25, 0.3) is 4.91 Å². The molecule has 0 fully saturated rings. The number of ether oxygens (including phenoxy) is 1. The fourth-order valence-corrected chi connectivity index (χ4v) is 6.12. The number of sulfone groups is 2. The van der Waals surface area contributed by atoms with Crippen molar-refractivity contribution in [1.29, 1.82) is 0 Å². The molecule has 26 heavy (non-hydrogen) atoms. The van der Waals surface area contributed by atoms with Gasteiger partial charge in [0.2, 0.25) is 0 Å². The van der Waals surface area contributed by atoms with Gasteiger partial charge in [-0.15, -0.1) is 0 Å². The van der Waals surface area contributed by atoms with Crippen molar-refractivity contribution in [1.82, 2.24) is 0 Å². The number of para-hydroxylation sites is 1. The predicted molar refractivity (Wildman–Crippen MR) is 98.0 cm³/mol. The Balaban J connectivity index is 1.98. The number of hydrogen-bond acceptors (Lipinski definition) is 6. The molecule has 0 spiro atoms. The van der Waals surface area contributed by atoms with Crippen molar-refractivity contribution in [2.45, 2.75) is 6.42 Å². The Labute approximate surface area is 152 Å². The molecule has 0 radical (unpaired) electrons. The Morgan fingerprint density at radius 3 is 2.35 bits per heavy atom. The Kier molecular flexibility index (Phi) is 4.97. The molecule has 3 rings (SSSR count). The molecule has 0 aromatic heterocycles. The second kappa shape index (κ2) is 7.05. The van der Waals surface area contributed by atoms with E-state index in [4.69, 9.17) is 4.74 Å². The van der Waals surface area contributed by atoms with E-state index in [0.29, 0.717) is 5.75 Å². The van der Waals surface area contributed by atoms with E-state index in [-0.39, 0.29) is 34.0 Å². The molecule has 2 aromatic carbocycles. The highest BCUT2D eigenvalue weighted by atomic mass is 32.2. The van der Waals surface area contributed by atoms with Gasteiger partial charge in [0.25, 0.3) is 0 Å². The summed E-state index contributed by atoms with van der Waals surface area (Å²) in [6.07, 6.45) is 0.0421. The van der Waals surface area contributed by atoms with Crippen LogP contribution in [0.1, 0.15) is 22.3 Å². The number of carbonyl (C=O) groups excluding carboxylic acids is 1. The van der Waals surface area contributed by atoms with E-state index in [9.17, 15) is 21.6 Å². The fraction of sp³-hybridized carbons (Fsp3) is 0.167. The quantitative estimate of drug-likeness (QED) is 0.588. The minimum atomic E-state index is -3.76. The van der Waals surface area contributed by atoms with Crippen molar-refractivity contribution < 1.29 is 26.4 Å². The first-order valence-corrected chi connectivity index (χ1v) is 11.2. The van der Waals surface area contributed by atoms with Crippen LogP contribution in [0, 0.1) is 0 Å². The molecular formula is C18H16O6S2. The van der Waals surface area contributed by atoms with E-state index in [1.54, 1.807) is 30.3 Å². The van der Waals surface area contributed by atoms with Gasteiger partial charge in [0.1, 0.15) is 5.75 Å². The van der Waals surface area contributed by atoms with Gasteiger partial charge in [-0.2, -0.15) is 0 Å². The molecule has 0 atom stereocenters. The Hall–Kier alpha value is -2.45. The largest absolute Gasteiger partial charge is 0.423 e. The standard InChI is InChI=1S/C18H16O6S2/c19-18(24-16-8-2-1-3-9-16)15-7-4-6-14(12-15)17-13-25(20,21)10-5-11-26(17,22)23/h1-4,6-9,12-13H,5,10-11H2. The van der Waals surface area contributed by atoms with E-state index in [1.807, 2.05) is 0 Å². The van der Waals surface area contributed by atoms with Gasteiger partial charge in [-0.25, -0.2) is 21.6 Å². The van der Waals surface area contributed by atoms with E-state index in [0.717, 1.165) is 5.41 Å². The van der Waals surface area contributed by atoms with Crippen LogP contribution in [0.3, 0.4) is 0 Å². The van der Waals surface area contributed by atoms with E-state index in [1.165, 1.54) is 24.3 Å². The smallest absolute Gasteiger partial charge is 0.343 e. The lowest BCUT2D eigenvalue weighted by molar-refractivity contribution is 0.0734. The number of carbonyl (C=O) groups is 1. The maximum Gasteiger partial charge on any atom is 0.343 e. The first-order valence-electron chi connectivity index (χ1n) is 7.82. The van der Waals surface area contributed by atoms with Crippen LogP contribution in [-0.4, -0.2) is 34.3 Å². The molecule has 1 aliphatic rings. The lowest BCUT2D eigenvalue weighted by Gasteiger charge is -2.09. The van der Waals surface area contributed by atoms with Gasteiger partial charge in [0.05, 0.1) is 22.0 Å². The van der Waals surface area contributed by atoms with Crippen molar-refractivity contribution in [3.8, 4) is 5.75 Å². The Bertz CT molecular complexity index is 1070. The maximum absolute atomic E-state index is 12.4. The van der Waals surface area contributed by atoms with Crippen molar-refractivity contribution in [2.24, 2.45) is 0 Å². The van der Waals surface area contributed by atoms with Gasteiger partial charge in [0, 0.05) is 5.41 Å². The second-order valence-corrected chi connectivity index (χ2v) is 9.85. The summed E-state index contributed by atoms with van der Waals surface area (Å²) in [5, 5.41) is 0.789. The van der Waals surface area contributed by atoms with Crippen LogP contribution in [0.15, 0.2) is 60.0 Å². The number of esters is 1. The SMILES string of the molecule is O=C(Oc1ccccc1)c1cccc(C2=CS(=O)(=O)CCCS2(=O)=O)c1. The van der Waals surface area contributed by atoms with E-state index in [2.05, 4.69) is 0 Å². The van der Waals surface area contributed by atoms with Gasteiger partial charge in [0.15, 0.2) is 19.7 Å². The summed E-state index contributed by atoms with van der Waals surface area (Å²) < 4.78 is 54.0. The zero-order chi connectivity index (χ0) is 18.8. The summed E-state index contributed by atoms with van der Waals surface area (Å²) >= 11 is 0. The normalized spacial score (nSPS) is 18.4. The highest BCUT2D eigenvalue weighted by Gasteiger charge is 2.27. The minimum Gasteiger partial charge on any atom is -0.423 e. The zero-order valence-corrected chi connectivity index (χ0v) is 15.3. The predicted octanol–water partition coefficient (Wildman–Crippen LogP) is 2.44. The number of rotatable bonds is 3. The highest BCUT2D eigenvalue weighted by molar-refractivity contribution is 8.03. The monoisotopic (exact) mass is 392 g/mol. The molecule has 0 amide bonds. The second-order valence-electron chi connectivity index (χ2n) is 5.80. The Morgan fingerprint density at radius 1 is 0.885 bits per heavy atom. The molecule has 136 valence electrons. The first-order chi connectivity index (χ1) is 12.3. The molecule has 2 aromatic rings. The molecule has 1 aliphatic heterocycles. The average molecular weight is 392 g/mol. The van der Waals surface area contributed by atoms with Gasteiger partial charge in [-0.1, -0.05) is 30.3 Å². The van der Waals surface area contributed by atoms with Crippen LogP contribution in [0.4, 0.5) is 0 Å². The van der Waals surface area contributed by atoms with Gasteiger partial charge >= 0.3 is 5.97 Å². The van der Waals surface area contributed by atoms with Crippen molar-refractivity contribution >= 4 is 30.5 Å². The summed E-state index contributed by atoms with van der Waals surface area (Å²) in [5.41, 5.74) is 0.280. The highest BCUT2D eigenvalue weighted by Crippen LogP contribution is 2.27. The van der Waals surface area contributed by atoms with Gasteiger partial charge < -0.3 is 4.74 Å². The molecule has 6 nitrogen and oxygen atoms in total. The zero-order valence-electron chi connectivity index (χ0n) is 13.7. The third-order valence-corrected chi connectivity index (χ3v) is 7.25. The van der Waals surface area contributed by atoms with Crippen LogP contribution in [0.5, 0.6) is 5.75 Å². The summed E-state index contributed by atoms with van der Waals surface area (Å²) in [6, 6.07) is 14.2. The van der Waals surface area contributed by atoms with Crippen LogP contribution >= 0.6 is 0 Å². The summed E-state index contributed by atoms with van der Waals surface area (Å²) in [6.45, 7) is 0. The molecule has 1 heterocycles. The molecule has 0 bridgehead atoms. The third-order valence-electron chi connectivity index (χ3n) is 3.80. The van der Waals surface area contributed by atoms with Crippen molar-refractivity contribution in [3.05, 3.63) is 71.1 Å². The maximum atomic E-state index is 12.4. The van der Waals surface area contributed by atoms with Gasteiger partial charge in [-0.3, -0.25) is 0 Å². The van der Waals surface area contributed by atoms with E-state index >= 15 is 0 Å². The minimum absolute atomic E-state index is 0.0421. The molecule has 0 saturated carbocycles. The molecule has 0 unspecified atom stereocenters. The lowest BCUT2D eigenvalue weighted by Crippen LogP contribution is -2.10. The third kappa shape index (κ3) is 4.20. The lowest BCUT2D eigenvalue weighted by atomic mass is 10.1. The van der Waals surface area contributed by atoms with Gasteiger partial charge in [-0.05, 0) is 36.2 Å². The average Bonchev–Trinajstić information content (AvgIpc) is 2.71. The number of benzene rings is 2. The van der Waals surface area contributed by atoms with E-state index < -0.39 is 25.6 Å². The summed E-state index contributed by atoms with van der Waals surface area (Å²) in [7, 11) is -7.38. The van der Waals surface area contributed by atoms with Crippen LogP contribution in [-0.2, 0) is 19.7 Å². The molecule has 8 heteroatoms. The number of hydrogen-bond donors (Lipinski definition) is 0. The summed E-state index contributed by atoms with van der Waals surface area (Å²) in [4.78, 5) is 12.0. The Morgan fingerprint density at radius 2 is 1.62 bits per heavy atom. The van der Waals surface area contributed by atoms with Crippen molar-refractivity contribution in [3.63, 3.8) is 0 Å². The van der Waals surface area contributed by atoms with Crippen LogP contribution < -0.4 is 4.74 Å². The molecule has 0 aliphatic carbocycles. The molecular weight excluding hydrogens is 376 g/mol. The van der Waals surface area contributed by atoms with Crippen LogP contribution in [0.2, 0.25) is 0 Å². The van der Waals surface area contributed by atoms with Crippen molar-refractivity contribution in [2.75, 3.05) is 11.5 Å².